The number of benzene rings is 1. The number of halogens is 3. The number of nitrogens with zero attached hydrogens (tertiary/aromatic N) is 2. The maximum Gasteiger partial charge on any atom is 0.158 e. The van der Waals surface area contributed by atoms with Crippen LogP contribution in [0.2, 0.25) is 5.15 Å². The zero-order valence-corrected chi connectivity index (χ0v) is 13.0. The molecule has 0 bridgehead atoms. The van der Waals surface area contributed by atoms with Crippen LogP contribution in [0.1, 0.15) is 12.7 Å². The van der Waals surface area contributed by atoms with Gasteiger partial charge in [-0.2, -0.15) is 0 Å². The van der Waals surface area contributed by atoms with Gasteiger partial charge < -0.3 is 10.1 Å². The van der Waals surface area contributed by atoms with Gasteiger partial charge in [0.25, 0.3) is 0 Å². The average molecular weight is 361 g/mol. The lowest BCUT2D eigenvalue weighted by Gasteiger charge is -2.09. The molecule has 20 heavy (non-hydrogen) atoms. The van der Waals surface area contributed by atoms with Gasteiger partial charge in [0.15, 0.2) is 5.82 Å². The minimum Gasteiger partial charge on any atom is -0.374 e. The van der Waals surface area contributed by atoms with Gasteiger partial charge in [0, 0.05) is 17.1 Å². The molecule has 0 saturated heterocycles. The van der Waals surface area contributed by atoms with E-state index >= 15 is 0 Å². The molecule has 0 amide bonds. The normalized spacial score (nSPS) is 10.6. The predicted molar refractivity (Wildman–Crippen MR) is 79.8 cm³/mol. The van der Waals surface area contributed by atoms with Crippen LogP contribution in [-0.2, 0) is 11.3 Å². The van der Waals surface area contributed by atoms with E-state index in [0.29, 0.717) is 33.6 Å². The molecule has 106 valence electrons. The predicted octanol–water partition coefficient (Wildman–Crippen LogP) is 4.31. The van der Waals surface area contributed by atoms with Crippen molar-refractivity contribution in [2.24, 2.45) is 0 Å². The van der Waals surface area contributed by atoms with E-state index in [0.717, 1.165) is 0 Å². The van der Waals surface area contributed by atoms with Crippen molar-refractivity contribution in [3.8, 4) is 0 Å². The summed E-state index contributed by atoms with van der Waals surface area (Å²) in [6, 6.07) is 5.92. The first-order valence-electron chi connectivity index (χ1n) is 5.91. The zero-order chi connectivity index (χ0) is 14.5. The van der Waals surface area contributed by atoms with Crippen LogP contribution >= 0.6 is 27.5 Å². The Morgan fingerprint density at radius 3 is 2.85 bits per heavy atom. The van der Waals surface area contributed by atoms with Crippen molar-refractivity contribution in [1.82, 2.24) is 9.97 Å². The summed E-state index contributed by atoms with van der Waals surface area (Å²) in [5.41, 5.74) is 0.684. The van der Waals surface area contributed by atoms with Gasteiger partial charge in [0.1, 0.15) is 23.4 Å². The second-order valence-corrected chi connectivity index (χ2v) is 5.12. The first-order chi connectivity index (χ1) is 9.58. The fourth-order valence-electron chi connectivity index (χ4n) is 1.52. The molecule has 0 saturated carbocycles. The molecule has 1 N–H and O–H groups in total. The highest BCUT2D eigenvalue weighted by molar-refractivity contribution is 9.10. The van der Waals surface area contributed by atoms with E-state index in [1.807, 2.05) is 6.92 Å². The summed E-state index contributed by atoms with van der Waals surface area (Å²) in [5, 5.41) is 3.37. The molecule has 0 spiro atoms. The van der Waals surface area contributed by atoms with Crippen LogP contribution in [0, 0.1) is 5.82 Å². The molecule has 2 rings (SSSR count). The molecule has 7 heteroatoms. The fraction of sp³-hybridized carbons (Fsp3) is 0.231. The van der Waals surface area contributed by atoms with Gasteiger partial charge in [-0.25, -0.2) is 14.4 Å². The van der Waals surface area contributed by atoms with E-state index in [1.165, 1.54) is 12.1 Å². The summed E-state index contributed by atoms with van der Waals surface area (Å²) in [5.74, 6) is 0.687. The fourth-order valence-corrected chi connectivity index (χ4v) is 2.17. The Kier molecular flexibility index (Phi) is 5.28. The van der Waals surface area contributed by atoms with Crippen molar-refractivity contribution < 1.29 is 9.13 Å². The number of anilines is 2. The molecule has 0 fully saturated rings. The summed E-state index contributed by atoms with van der Waals surface area (Å²) in [6.45, 7) is 2.75. The number of hydrogen-bond acceptors (Lipinski definition) is 4. The SMILES string of the molecule is CCOCc1nc(Cl)cc(Nc2ccc(F)cc2Br)n1. The molecule has 0 aliphatic rings. The average Bonchev–Trinajstić information content (AvgIpc) is 2.39. The van der Waals surface area contributed by atoms with Crippen molar-refractivity contribution in [3.05, 3.63) is 45.5 Å². The first-order valence-corrected chi connectivity index (χ1v) is 7.09. The second-order valence-electron chi connectivity index (χ2n) is 3.88. The minimum absolute atomic E-state index is 0.288. The Morgan fingerprint density at radius 2 is 2.15 bits per heavy atom. The Labute approximate surface area is 129 Å². The van der Waals surface area contributed by atoms with Crippen molar-refractivity contribution in [1.29, 1.82) is 0 Å². The van der Waals surface area contributed by atoms with Gasteiger partial charge in [-0.15, -0.1) is 0 Å². The number of ether oxygens (including phenoxy) is 1. The summed E-state index contributed by atoms with van der Waals surface area (Å²) < 4.78 is 18.9. The van der Waals surface area contributed by atoms with Gasteiger partial charge in [-0.05, 0) is 41.1 Å². The topological polar surface area (TPSA) is 47.0 Å². The molecule has 2 aromatic rings. The smallest absolute Gasteiger partial charge is 0.158 e. The summed E-state index contributed by atoms with van der Waals surface area (Å²) in [6.07, 6.45) is 0. The van der Waals surface area contributed by atoms with Crippen LogP contribution in [0.3, 0.4) is 0 Å². The van der Waals surface area contributed by atoms with Crippen LogP contribution in [0.4, 0.5) is 15.9 Å². The third kappa shape index (κ3) is 4.13. The third-order valence-electron chi connectivity index (χ3n) is 2.37. The number of hydrogen-bond donors (Lipinski definition) is 1. The third-order valence-corrected chi connectivity index (χ3v) is 3.22. The van der Waals surface area contributed by atoms with Gasteiger partial charge >= 0.3 is 0 Å². The standard InChI is InChI=1S/C13H12BrClFN3O/c1-2-20-7-13-18-11(15)6-12(19-13)17-10-4-3-8(16)5-9(10)14/h3-6H,2,7H2,1H3,(H,17,18,19). The van der Waals surface area contributed by atoms with E-state index in [-0.39, 0.29) is 12.4 Å². The molecule has 0 radical (unpaired) electrons. The Balaban J connectivity index is 2.21. The van der Waals surface area contributed by atoms with E-state index in [2.05, 4.69) is 31.2 Å². The molecule has 0 aliphatic heterocycles. The first kappa shape index (κ1) is 15.2. The number of nitrogens with one attached hydrogen (secondary N) is 1. The van der Waals surface area contributed by atoms with Gasteiger partial charge in [-0.3, -0.25) is 0 Å². The lowest BCUT2D eigenvalue weighted by molar-refractivity contribution is 0.128. The highest BCUT2D eigenvalue weighted by atomic mass is 79.9. The number of rotatable bonds is 5. The van der Waals surface area contributed by atoms with Crippen LogP contribution < -0.4 is 5.32 Å². The van der Waals surface area contributed by atoms with Gasteiger partial charge in [0.2, 0.25) is 0 Å². The number of aromatic nitrogens is 2. The van der Waals surface area contributed by atoms with E-state index in [4.69, 9.17) is 16.3 Å². The molecule has 0 unspecified atom stereocenters. The quantitative estimate of drug-likeness (QED) is 0.807. The summed E-state index contributed by atoms with van der Waals surface area (Å²) in [4.78, 5) is 8.35. The molecular weight excluding hydrogens is 349 g/mol. The van der Waals surface area contributed by atoms with Crippen molar-refractivity contribution >= 4 is 39.0 Å². The van der Waals surface area contributed by atoms with E-state index in [1.54, 1.807) is 12.1 Å². The van der Waals surface area contributed by atoms with Crippen molar-refractivity contribution in [2.75, 3.05) is 11.9 Å². The van der Waals surface area contributed by atoms with Crippen LogP contribution in [-0.4, -0.2) is 16.6 Å². The molecule has 1 aromatic heterocycles. The Hall–Kier alpha value is -1.24. The van der Waals surface area contributed by atoms with Crippen LogP contribution in [0.25, 0.3) is 0 Å². The zero-order valence-electron chi connectivity index (χ0n) is 10.7. The maximum atomic E-state index is 13.0. The highest BCUT2D eigenvalue weighted by Crippen LogP contribution is 2.26. The lowest BCUT2D eigenvalue weighted by Crippen LogP contribution is -2.03. The highest BCUT2D eigenvalue weighted by Gasteiger charge is 2.06. The molecule has 4 nitrogen and oxygen atoms in total. The van der Waals surface area contributed by atoms with Crippen LogP contribution in [0.15, 0.2) is 28.7 Å². The molecule has 0 atom stereocenters. The van der Waals surface area contributed by atoms with E-state index < -0.39 is 0 Å². The second kappa shape index (κ2) is 6.97. The van der Waals surface area contributed by atoms with Crippen molar-refractivity contribution in [3.63, 3.8) is 0 Å². The maximum absolute atomic E-state index is 13.0. The van der Waals surface area contributed by atoms with Crippen molar-refractivity contribution in [2.45, 2.75) is 13.5 Å². The lowest BCUT2D eigenvalue weighted by atomic mass is 10.3. The monoisotopic (exact) mass is 359 g/mol. The van der Waals surface area contributed by atoms with Crippen LogP contribution in [0.5, 0.6) is 0 Å². The molecule has 0 aliphatic carbocycles. The summed E-state index contributed by atoms with van der Waals surface area (Å²) >= 11 is 9.22. The van der Waals surface area contributed by atoms with E-state index in [9.17, 15) is 4.39 Å². The molecule has 1 heterocycles. The molecular formula is C13H12BrClFN3O. The largest absolute Gasteiger partial charge is 0.374 e. The van der Waals surface area contributed by atoms with Gasteiger partial charge in [-0.1, -0.05) is 11.6 Å². The molecule has 1 aromatic carbocycles. The Bertz CT molecular complexity index is 612. The minimum atomic E-state index is -0.319. The van der Waals surface area contributed by atoms with Gasteiger partial charge in [0.05, 0.1) is 5.69 Å². The Morgan fingerprint density at radius 1 is 1.35 bits per heavy atom. The summed E-state index contributed by atoms with van der Waals surface area (Å²) in [7, 11) is 0.